The summed E-state index contributed by atoms with van der Waals surface area (Å²) in [6, 6.07) is 11.2. The highest BCUT2D eigenvalue weighted by atomic mass is 32.2. The lowest BCUT2D eigenvalue weighted by molar-refractivity contribution is 0.419. The van der Waals surface area contributed by atoms with E-state index in [0.29, 0.717) is 22.6 Å². The number of aryl methyl sites for hydroxylation is 1. The first-order chi connectivity index (χ1) is 13.9. The third-order valence-electron chi connectivity index (χ3n) is 5.01. The Hall–Kier alpha value is -2.87. The van der Waals surface area contributed by atoms with Crippen LogP contribution in [0.2, 0.25) is 0 Å². The summed E-state index contributed by atoms with van der Waals surface area (Å²) in [5.41, 5.74) is 2.28. The lowest BCUT2D eigenvalue weighted by atomic mass is 10.2. The van der Waals surface area contributed by atoms with Crippen molar-refractivity contribution in [2.24, 2.45) is 0 Å². The quantitative estimate of drug-likeness (QED) is 0.604. The standard InChI is InChI=1S/C21H24N4O3S/c1-4-29(26,27)15-10-11-17(13(2)12-15)23-21-24-19-16(6-5-7-18(19)28-3)20(25-21)22-14-8-9-14/h5-7,10-12,14H,4,8-9H2,1-3H3,(H2,22,23,24,25). The molecule has 0 atom stereocenters. The van der Waals surface area contributed by atoms with Crippen molar-refractivity contribution in [3.8, 4) is 5.75 Å². The van der Waals surface area contributed by atoms with Crippen LogP contribution >= 0.6 is 0 Å². The third kappa shape index (κ3) is 3.98. The third-order valence-corrected chi connectivity index (χ3v) is 6.74. The highest BCUT2D eigenvalue weighted by Gasteiger charge is 2.23. The SMILES string of the molecule is CCS(=O)(=O)c1ccc(Nc2nc(NC3CC3)c3cccc(OC)c3n2)c(C)c1. The highest BCUT2D eigenvalue weighted by Crippen LogP contribution is 2.33. The molecule has 1 aliphatic carbocycles. The van der Waals surface area contributed by atoms with Crippen LogP contribution in [-0.2, 0) is 9.84 Å². The largest absolute Gasteiger partial charge is 0.494 e. The molecule has 1 aliphatic rings. The second kappa shape index (κ2) is 7.51. The van der Waals surface area contributed by atoms with Gasteiger partial charge < -0.3 is 15.4 Å². The molecule has 0 spiro atoms. The number of methoxy groups -OCH3 is 1. The van der Waals surface area contributed by atoms with E-state index in [1.165, 1.54) is 0 Å². The van der Waals surface area contributed by atoms with Crippen LogP contribution in [-0.4, -0.2) is 37.3 Å². The van der Waals surface area contributed by atoms with Crippen LogP contribution in [0.1, 0.15) is 25.3 Å². The molecule has 1 aromatic heterocycles. The van der Waals surface area contributed by atoms with Crippen molar-refractivity contribution in [2.75, 3.05) is 23.5 Å². The minimum Gasteiger partial charge on any atom is -0.494 e. The molecular weight excluding hydrogens is 388 g/mol. The first kappa shape index (κ1) is 19.4. The van der Waals surface area contributed by atoms with Crippen molar-refractivity contribution in [1.29, 1.82) is 0 Å². The maximum absolute atomic E-state index is 12.1. The monoisotopic (exact) mass is 412 g/mol. The summed E-state index contributed by atoms with van der Waals surface area (Å²) >= 11 is 0. The Balaban J connectivity index is 1.74. The molecule has 3 aromatic rings. The molecule has 0 aliphatic heterocycles. The summed E-state index contributed by atoms with van der Waals surface area (Å²) < 4.78 is 29.7. The molecule has 1 saturated carbocycles. The van der Waals surface area contributed by atoms with Crippen molar-refractivity contribution in [2.45, 2.75) is 37.6 Å². The van der Waals surface area contributed by atoms with Crippen LogP contribution in [0.15, 0.2) is 41.3 Å². The van der Waals surface area contributed by atoms with Gasteiger partial charge in [-0.1, -0.05) is 13.0 Å². The van der Waals surface area contributed by atoms with Crippen LogP contribution in [0.3, 0.4) is 0 Å². The van der Waals surface area contributed by atoms with E-state index in [-0.39, 0.29) is 5.75 Å². The fourth-order valence-electron chi connectivity index (χ4n) is 3.13. The van der Waals surface area contributed by atoms with Gasteiger partial charge in [0.1, 0.15) is 17.1 Å². The normalized spacial score (nSPS) is 14.0. The minimum absolute atomic E-state index is 0.0724. The zero-order valence-corrected chi connectivity index (χ0v) is 17.5. The first-order valence-electron chi connectivity index (χ1n) is 9.63. The molecule has 2 aromatic carbocycles. The van der Waals surface area contributed by atoms with Gasteiger partial charge in [-0.3, -0.25) is 0 Å². The van der Waals surface area contributed by atoms with Gasteiger partial charge in [-0.2, -0.15) is 4.98 Å². The Bertz CT molecular complexity index is 1170. The number of sulfone groups is 1. The predicted octanol–water partition coefficient (Wildman–Crippen LogP) is 4.06. The number of rotatable bonds is 7. The number of hydrogen-bond acceptors (Lipinski definition) is 7. The molecule has 0 bridgehead atoms. The molecule has 2 N–H and O–H groups in total. The predicted molar refractivity (Wildman–Crippen MR) is 115 cm³/mol. The molecule has 0 radical (unpaired) electrons. The van der Waals surface area contributed by atoms with E-state index >= 15 is 0 Å². The molecule has 4 rings (SSSR count). The molecule has 29 heavy (non-hydrogen) atoms. The van der Waals surface area contributed by atoms with Gasteiger partial charge in [0, 0.05) is 17.1 Å². The van der Waals surface area contributed by atoms with E-state index in [1.807, 2.05) is 25.1 Å². The topological polar surface area (TPSA) is 93.2 Å². The maximum atomic E-state index is 12.1. The number of anilines is 3. The van der Waals surface area contributed by atoms with Crippen LogP contribution < -0.4 is 15.4 Å². The Morgan fingerprint density at radius 3 is 2.62 bits per heavy atom. The van der Waals surface area contributed by atoms with Crippen molar-refractivity contribution in [3.05, 3.63) is 42.0 Å². The number of ether oxygens (including phenoxy) is 1. The van der Waals surface area contributed by atoms with E-state index in [1.54, 1.807) is 32.2 Å². The van der Waals surface area contributed by atoms with Gasteiger partial charge in [0.05, 0.1) is 17.8 Å². The molecule has 1 fully saturated rings. The number of para-hydroxylation sites is 1. The molecule has 0 amide bonds. The second-order valence-electron chi connectivity index (χ2n) is 7.18. The molecule has 152 valence electrons. The zero-order valence-electron chi connectivity index (χ0n) is 16.7. The Morgan fingerprint density at radius 1 is 1.17 bits per heavy atom. The molecule has 7 nitrogen and oxygen atoms in total. The van der Waals surface area contributed by atoms with Gasteiger partial charge in [0.25, 0.3) is 0 Å². The number of nitrogens with one attached hydrogen (secondary N) is 2. The van der Waals surface area contributed by atoms with E-state index in [4.69, 9.17) is 4.74 Å². The number of benzene rings is 2. The first-order valence-corrected chi connectivity index (χ1v) is 11.3. The summed E-state index contributed by atoms with van der Waals surface area (Å²) in [7, 11) is -1.63. The molecule has 8 heteroatoms. The number of hydrogen-bond donors (Lipinski definition) is 2. The number of fused-ring (bicyclic) bond motifs is 1. The number of nitrogens with zero attached hydrogens (tertiary/aromatic N) is 2. The van der Waals surface area contributed by atoms with E-state index in [2.05, 4.69) is 20.6 Å². The summed E-state index contributed by atoms with van der Waals surface area (Å²) in [6.45, 7) is 3.50. The van der Waals surface area contributed by atoms with Gasteiger partial charge in [-0.25, -0.2) is 13.4 Å². The van der Waals surface area contributed by atoms with Crippen molar-refractivity contribution in [1.82, 2.24) is 9.97 Å². The van der Waals surface area contributed by atoms with Crippen molar-refractivity contribution in [3.63, 3.8) is 0 Å². The average Bonchev–Trinajstić information content (AvgIpc) is 3.53. The fourth-order valence-corrected chi connectivity index (χ4v) is 4.10. The summed E-state index contributed by atoms with van der Waals surface area (Å²) in [4.78, 5) is 9.65. The summed E-state index contributed by atoms with van der Waals surface area (Å²) in [6.07, 6.45) is 2.26. The Kier molecular flexibility index (Phi) is 5.04. The highest BCUT2D eigenvalue weighted by molar-refractivity contribution is 7.91. The molecule has 0 unspecified atom stereocenters. The van der Waals surface area contributed by atoms with Gasteiger partial charge >= 0.3 is 0 Å². The molecule has 0 saturated heterocycles. The average molecular weight is 413 g/mol. The van der Waals surface area contributed by atoms with Gasteiger partial charge in [0.2, 0.25) is 5.95 Å². The second-order valence-corrected chi connectivity index (χ2v) is 9.45. The fraction of sp³-hybridized carbons (Fsp3) is 0.333. The van der Waals surface area contributed by atoms with Crippen molar-refractivity contribution >= 4 is 38.2 Å². The van der Waals surface area contributed by atoms with Crippen LogP contribution in [0.4, 0.5) is 17.5 Å². The van der Waals surface area contributed by atoms with Crippen LogP contribution in [0.5, 0.6) is 5.75 Å². The van der Waals surface area contributed by atoms with Gasteiger partial charge in [-0.05, 0) is 55.7 Å². The Morgan fingerprint density at radius 2 is 1.97 bits per heavy atom. The van der Waals surface area contributed by atoms with Crippen LogP contribution in [0.25, 0.3) is 10.9 Å². The van der Waals surface area contributed by atoms with Crippen LogP contribution in [0, 0.1) is 6.92 Å². The minimum atomic E-state index is -3.25. The maximum Gasteiger partial charge on any atom is 0.229 e. The lowest BCUT2D eigenvalue weighted by Gasteiger charge is -2.14. The zero-order chi connectivity index (χ0) is 20.6. The summed E-state index contributed by atoms with van der Waals surface area (Å²) in [5, 5.41) is 7.60. The van der Waals surface area contributed by atoms with E-state index < -0.39 is 9.84 Å². The molecular formula is C21H24N4O3S. The van der Waals surface area contributed by atoms with Crippen molar-refractivity contribution < 1.29 is 13.2 Å². The molecule has 1 heterocycles. The van der Waals surface area contributed by atoms with Gasteiger partial charge in [0.15, 0.2) is 9.84 Å². The van der Waals surface area contributed by atoms with E-state index in [9.17, 15) is 8.42 Å². The lowest BCUT2D eigenvalue weighted by Crippen LogP contribution is -2.08. The summed E-state index contributed by atoms with van der Waals surface area (Å²) in [5.74, 6) is 1.94. The smallest absolute Gasteiger partial charge is 0.229 e. The Labute approximate surface area is 170 Å². The number of aromatic nitrogens is 2. The van der Waals surface area contributed by atoms with E-state index in [0.717, 1.165) is 40.8 Å². The van der Waals surface area contributed by atoms with Gasteiger partial charge in [-0.15, -0.1) is 0 Å².